The lowest BCUT2D eigenvalue weighted by Gasteiger charge is -2.21. The fourth-order valence-electron chi connectivity index (χ4n) is 2.63. The molecule has 0 aliphatic rings. The lowest BCUT2D eigenvalue weighted by atomic mass is 9.99. The summed E-state index contributed by atoms with van der Waals surface area (Å²) >= 11 is 6.37. The molecule has 2 aromatic rings. The molecule has 0 heterocycles. The summed E-state index contributed by atoms with van der Waals surface area (Å²) in [5, 5.41) is 0.129. The SMILES string of the molecule is CCCCOc1c(F)c(C(C)OC)c(Cl)c(C)c1C(=O)Oc1ccccc1. The molecular weight excluding hydrogens is 371 g/mol. The van der Waals surface area contributed by atoms with Gasteiger partial charge in [-0.3, -0.25) is 0 Å². The fourth-order valence-corrected chi connectivity index (χ4v) is 2.96. The van der Waals surface area contributed by atoms with Gasteiger partial charge in [0.15, 0.2) is 11.6 Å². The molecule has 0 amide bonds. The van der Waals surface area contributed by atoms with E-state index in [4.69, 9.17) is 25.8 Å². The minimum atomic E-state index is -0.720. The van der Waals surface area contributed by atoms with E-state index in [1.165, 1.54) is 7.11 Å². The largest absolute Gasteiger partial charge is 0.490 e. The van der Waals surface area contributed by atoms with E-state index in [9.17, 15) is 4.79 Å². The zero-order valence-corrected chi connectivity index (χ0v) is 16.7. The second-order valence-electron chi connectivity index (χ2n) is 6.15. The van der Waals surface area contributed by atoms with Gasteiger partial charge < -0.3 is 14.2 Å². The van der Waals surface area contributed by atoms with E-state index in [1.54, 1.807) is 44.2 Å². The maximum Gasteiger partial charge on any atom is 0.347 e. The van der Waals surface area contributed by atoms with Crippen LogP contribution in [0.5, 0.6) is 11.5 Å². The Kier molecular flexibility index (Phi) is 7.63. The summed E-state index contributed by atoms with van der Waals surface area (Å²) < 4.78 is 31.5. The average Bonchev–Trinajstić information content (AvgIpc) is 2.66. The van der Waals surface area contributed by atoms with E-state index in [-0.39, 0.29) is 28.5 Å². The molecule has 0 bridgehead atoms. The van der Waals surface area contributed by atoms with Crippen molar-refractivity contribution >= 4 is 17.6 Å². The van der Waals surface area contributed by atoms with Crippen molar-refractivity contribution in [2.24, 2.45) is 0 Å². The van der Waals surface area contributed by atoms with Crippen molar-refractivity contribution < 1.29 is 23.4 Å². The normalized spacial score (nSPS) is 11.9. The summed E-state index contributed by atoms with van der Waals surface area (Å²) in [4.78, 5) is 12.8. The van der Waals surface area contributed by atoms with Crippen LogP contribution < -0.4 is 9.47 Å². The Bertz CT molecular complexity index is 793. The van der Waals surface area contributed by atoms with Gasteiger partial charge in [0, 0.05) is 12.7 Å². The quantitative estimate of drug-likeness (QED) is 0.318. The summed E-state index contributed by atoms with van der Waals surface area (Å²) in [5.74, 6) is -1.21. The second-order valence-corrected chi connectivity index (χ2v) is 6.53. The molecule has 1 atom stereocenters. The molecule has 27 heavy (non-hydrogen) atoms. The topological polar surface area (TPSA) is 44.8 Å². The number of esters is 1. The zero-order valence-electron chi connectivity index (χ0n) is 16.0. The number of para-hydroxylation sites is 1. The van der Waals surface area contributed by atoms with Gasteiger partial charge in [-0.25, -0.2) is 9.18 Å². The third kappa shape index (κ3) is 4.79. The molecule has 4 nitrogen and oxygen atoms in total. The highest BCUT2D eigenvalue weighted by Gasteiger charge is 2.30. The lowest BCUT2D eigenvalue weighted by Crippen LogP contribution is -2.17. The summed E-state index contributed by atoms with van der Waals surface area (Å²) in [6.07, 6.45) is 1.01. The monoisotopic (exact) mass is 394 g/mol. The van der Waals surface area contributed by atoms with Crippen LogP contribution in [-0.4, -0.2) is 19.7 Å². The van der Waals surface area contributed by atoms with Crippen molar-refractivity contribution in [2.45, 2.75) is 39.7 Å². The Labute approximate surface area is 164 Å². The summed E-state index contributed by atoms with van der Waals surface area (Å²) in [5.41, 5.74) is 0.549. The summed E-state index contributed by atoms with van der Waals surface area (Å²) in [6.45, 7) is 5.60. The van der Waals surface area contributed by atoms with Gasteiger partial charge in [-0.15, -0.1) is 0 Å². The first-order valence-electron chi connectivity index (χ1n) is 8.86. The van der Waals surface area contributed by atoms with E-state index in [2.05, 4.69) is 0 Å². The highest BCUT2D eigenvalue weighted by Crippen LogP contribution is 2.40. The Morgan fingerprint density at radius 1 is 1.26 bits per heavy atom. The molecule has 0 saturated heterocycles. The van der Waals surface area contributed by atoms with Gasteiger partial charge >= 0.3 is 5.97 Å². The predicted octanol–water partition coefficient (Wildman–Crippen LogP) is 5.89. The minimum absolute atomic E-state index is 0.00971. The van der Waals surface area contributed by atoms with E-state index >= 15 is 4.39 Å². The highest BCUT2D eigenvalue weighted by atomic mass is 35.5. The second kappa shape index (κ2) is 9.72. The average molecular weight is 395 g/mol. The van der Waals surface area contributed by atoms with Gasteiger partial charge in [0.1, 0.15) is 11.3 Å². The molecule has 6 heteroatoms. The molecule has 1 unspecified atom stereocenters. The third-order valence-electron chi connectivity index (χ3n) is 4.27. The van der Waals surface area contributed by atoms with Crippen LogP contribution in [0.3, 0.4) is 0 Å². The van der Waals surface area contributed by atoms with Crippen LogP contribution in [-0.2, 0) is 4.74 Å². The number of unbranched alkanes of at least 4 members (excludes halogenated alkanes) is 1. The van der Waals surface area contributed by atoms with Crippen LogP contribution in [0.1, 0.15) is 54.3 Å². The highest BCUT2D eigenvalue weighted by molar-refractivity contribution is 6.32. The first-order chi connectivity index (χ1) is 12.9. The minimum Gasteiger partial charge on any atom is -0.490 e. The van der Waals surface area contributed by atoms with Crippen LogP contribution in [0.25, 0.3) is 0 Å². The van der Waals surface area contributed by atoms with Crippen LogP contribution in [0, 0.1) is 12.7 Å². The molecule has 0 fully saturated rings. The van der Waals surface area contributed by atoms with Crippen molar-refractivity contribution in [3.8, 4) is 11.5 Å². The van der Waals surface area contributed by atoms with Crippen molar-refractivity contribution in [1.29, 1.82) is 0 Å². The Balaban J connectivity index is 2.54. The van der Waals surface area contributed by atoms with E-state index in [1.807, 2.05) is 6.92 Å². The maximum atomic E-state index is 15.2. The van der Waals surface area contributed by atoms with Gasteiger partial charge in [-0.1, -0.05) is 43.1 Å². The van der Waals surface area contributed by atoms with Crippen molar-refractivity contribution in [2.75, 3.05) is 13.7 Å². The van der Waals surface area contributed by atoms with E-state index in [0.717, 1.165) is 12.8 Å². The van der Waals surface area contributed by atoms with E-state index in [0.29, 0.717) is 11.3 Å². The molecule has 0 saturated carbocycles. The Morgan fingerprint density at radius 3 is 2.52 bits per heavy atom. The molecule has 0 aliphatic heterocycles. The maximum absolute atomic E-state index is 15.2. The molecule has 2 rings (SSSR count). The molecule has 2 aromatic carbocycles. The molecule has 0 spiro atoms. The number of methoxy groups -OCH3 is 1. The number of hydrogen-bond acceptors (Lipinski definition) is 4. The lowest BCUT2D eigenvalue weighted by molar-refractivity contribution is 0.0726. The number of ether oxygens (including phenoxy) is 3. The van der Waals surface area contributed by atoms with Crippen molar-refractivity contribution in [3.63, 3.8) is 0 Å². The van der Waals surface area contributed by atoms with Crippen LogP contribution in [0.2, 0.25) is 5.02 Å². The molecule has 0 aromatic heterocycles. The molecular formula is C21H24ClFO4. The zero-order chi connectivity index (χ0) is 20.0. The van der Waals surface area contributed by atoms with E-state index < -0.39 is 17.9 Å². The van der Waals surface area contributed by atoms with Gasteiger partial charge in [0.2, 0.25) is 0 Å². The van der Waals surface area contributed by atoms with Gasteiger partial charge in [-0.2, -0.15) is 0 Å². The number of carbonyl (C=O) groups excluding carboxylic acids is 1. The fraction of sp³-hybridized carbons (Fsp3) is 0.381. The number of benzene rings is 2. The Morgan fingerprint density at radius 2 is 1.93 bits per heavy atom. The summed E-state index contributed by atoms with van der Waals surface area (Å²) in [6, 6.07) is 8.57. The number of hydrogen-bond donors (Lipinski definition) is 0. The van der Waals surface area contributed by atoms with Crippen LogP contribution in [0.4, 0.5) is 4.39 Å². The molecule has 146 valence electrons. The number of carbonyl (C=O) groups is 1. The summed E-state index contributed by atoms with van der Waals surface area (Å²) in [7, 11) is 1.46. The van der Waals surface area contributed by atoms with Crippen LogP contribution >= 0.6 is 11.6 Å². The van der Waals surface area contributed by atoms with Crippen molar-refractivity contribution in [3.05, 3.63) is 57.9 Å². The first kappa shape index (κ1) is 21.2. The predicted molar refractivity (Wildman–Crippen MR) is 103 cm³/mol. The van der Waals surface area contributed by atoms with Gasteiger partial charge in [0.25, 0.3) is 0 Å². The number of halogens is 2. The first-order valence-corrected chi connectivity index (χ1v) is 9.24. The third-order valence-corrected chi connectivity index (χ3v) is 4.75. The van der Waals surface area contributed by atoms with Crippen LogP contribution in [0.15, 0.2) is 30.3 Å². The van der Waals surface area contributed by atoms with Gasteiger partial charge in [0.05, 0.1) is 17.7 Å². The molecule has 0 aliphatic carbocycles. The van der Waals surface area contributed by atoms with Crippen molar-refractivity contribution in [1.82, 2.24) is 0 Å². The standard InChI is InChI=1S/C21H24ClFO4/c1-5-6-12-26-20-16(21(24)27-15-10-8-7-9-11-15)13(2)18(22)17(19(20)23)14(3)25-4/h7-11,14H,5-6,12H2,1-4H3. The number of rotatable bonds is 8. The molecule has 0 N–H and O–H groups in total. The Hall–Kier alpha value is -2.11. The molecule has 0 radical (unpaired) electrons. The van der Waals surface area contributed by atoms with Gasteiger partial charge in [-0.05, 0) is 38.0 Å². The smallest absolute Gasteiger partial charge is 0.347 e.